The molecule has 2 aromatic carbocycles. The van der Waals surface area contributed by atoms with Gasteiger partial charge in [0, 0.05) is 10.6 Å². The van der Waals surface area contributed by atoms with Gasteiger partial charge in [-0.2, -0.15) is 5.10 Å². The lowest BCUT2D eigenvalue weighted by Gasteiger charge is -2.08. The highest BCUT2D eigenvalue weighted by atomic mass is 35.5. The number of aromatic hydroxyl groups is 1. The van der Waals surface area contributed by atoms with Crippen molar-refractivity contribution >= 4 is 52.4 Å². The normalized spacial score (nSPS) is 10.6. The zero-order valence-corrected chi connectivity index (χ0v) is 13.0. The Hall–Kier alpha value is -1.82. The number of phenolic OH excluding ortho intramolecular Hbond substituents is 1. The first-order valence-corrected chi connectivity index (χ1v) is 7.06. The van der Waals surface area contributed by atoms with Crippen molar-refractivity contribution < 1.29 is 5.11 Å². The van der Waals surface area contributed by atoms with E-state index in [2.05, 4.69) is 15.8 Å². The number of hydrazone groups is 1. The first kappa shape index (κ1) is 15.6. The van der Waals surface area contributed by atoms with Gasteiger partial charge >= 0.3 is 0 Å². The fraction of sp³-hybridized carbons (Fsp3) is 0. The molecule has 3 N–H and O–H groups in total. The van der Waals surface area contributed by atoms with Crippen LogP contribution in [0.4, 0.5) is 5.69 Å². The van der Waals surface area contributed by atoms with Gasteiger partial charge in [-0.15, -0.1) is 0 Å². The van der Waals surface area contributed by atoms with Crippen molar-refractivity contribution in [1.82, 2.24) is 5.43 Å². The largest absolute Gasteiger partial charge is 0.507 e. The second-order valence-electron chi connectivity index (χ2n) is 4.01. The van der Waals surface area contributed by atoms with E-state index in [0.29, 0.717) is 21.3 Å². The highest BCUT2D eigenvalue weighted by molar-refractivity contribution is 7.80. The lowest BCUT2D eigenvalue weighted by atomic mass is 10.2. The zero-order chi connectivity index (χ0) is 15.2. The third kappa shape index (κ3) is 4.60. The minimum absolute atomic E-state index is 0.141. The van der Waals surface area contributed by atoms with Crippen LogP contribution in [-0.4, -0.2) is 16.4 Å². The molecule has 0 aromatic heterocycles. The molecule has 4 nitrogen and oxygen atoms in total. The Bertz CT molecular complexity index is 692. The molecule has 7 heteroatoms. The molecule has 0 atom stereocenters. The number of nitrogens with zero attached hydrogens (tertiary/aromatic N) is 1. The smallest absolute Gasteiger partial charge is 0.191 e. The van der Waals surface area contributed by atoms with E-state index >= 15 is 0 Å². The van der Waals surface area contributed by atoms with Gasteiger partial charge in [0.05, 0.1) is 16.9 Å². The van der Waals surface area contributed by atoms with Gasteiger partial charge in [-0.1, -0.05) is 35.3 Å². The van der Waals surface area contributed by atoms with Crippen molar-refractivity contribution in [2.24, 2.45) is 5.10 Å². The lowest BCUT2D eigenvalue weighted by Crippen LogP contribution is -2.24. The SMILES string of the molecule is Oc1ccccc1/C=N/NC(=S)Nc1ccc(Cl)cc1Cl. The molecule has 0 saturated heterocycles. The Morgan fingerprint density at radius 2 is 1.95 bits per heavy atom. The molecule has 0 aliphatic heterocycles. The summed E-state index contributed by atoms with van der Waals surface area (Å²) in [6.07, 6.45) is 1.47. The van der Waals surface area contributed by atoms with Crippen molar-refractivity contribution in [3.8, 4) is 5.75 Å². The number of para-hydroxylation sites is 1. The summed E-state index contributed by atoms with van der Waals surface area (Å²) in [6.45, 7) is 0. The van der Waals surface area contributed by atoms with Crippen LogP contribution in [0, 0.1) is 0 Å². The summed E-state index contributed by atoms with van der Waals surface area (Å²) < 4.78 is 0. The van der Waals surface area contributed by atoms with Gasteiger partial charge in [0.25, 0.3) is 0 Å². The van der Waals surface area contributed by atoms with Gasteiger partial charge in [0.15, 0.2) is 5.11 Å². The van der Waals surface area contributed by atoms with Crippen LogP contribution in [0.2, 0.25) is 10.0 Å². The van der Waals surface area contributed by atoms with Crippen LogP contribution >= 0.6 is 35.4 Å². The van der Waals surface area contributed by atoms with E-state index in [0.717, 1.165) is 0 Å². The van der Waals surface area contributed by atoms with Gasteiger partial charge in [-0.25, -0.2) is 0 Å². The average Bonchev–Trinajstić information content (AvgIpc) is 2.44. The first-order chi connectivity index (χ1) is 10.1. The van der Waals surface area contributed by atoms with Crippen molar-refractivity contribution in [1.29, 1.82) is 0 Å². The Balaban J connectivity index is 1.95. The third-order valence-corrected chi connectivity index (χ3v) is 3.23. The standard InChI is InChI=1S/C14H11Cl2N3OS/c15-10-5-6-12(11(16)7-10)18-14(21)19-17-8-9-3-1-2-4-13(9)20/h1-8,20H,(H2,18,19,21)/b17-8+. The Morgan fingerprint density at radius 1 is 1.19 bits per heavy atom. The molecular formula is C14H11Cl2N3OS. The van der Waals surface area contributed by atoms with E-state index in [9.17, 15) is 5.11 Å². The highest BCUT2D eigenvalue weighted by Crippen LogP contribution is 2.25. The number of hydrogen-bond donors (Lipinski definition) is 3. The summed E-state index contributed by atoms with van der Waals surface area (Å²) in [6, 6.07) is 11.9. The fourth-order valence-electron chi connectivity index (χ4n) is 1.50. The zero-order valence-electron chi connectivity index (χ0n) is 10.7. The molecule has 108 valence electrons. The number of phenols is 1. The number of anilines is 1. The van der Waals surface area contributed by atoms with E-state index in [1.165, 1.54) is 6.21 Å². The van der Waals surface area contributed by atoms with Gasteiger partial charge in [0.2, 0.25) is 0 Å². The van der Waals surface area contributed by atoms with Crippen LogP contribution < -0.4 is 10.7 Å². The Kier molecular flexibility index (Phi) is 5.38. The molecule has 21 heavy (non-hydrogen) atoms. The van der Waals surface area contributed by atoms with Crippen LogP contribution in [-0.2, 0) is 0 Å². The topological polar surface area (TPSA) is 56.7 Å². The maximum Gasteiger partial charge on any atom is 0.191 e. The van der Waals surface area contributed by atoms with Crippen molar-refractivity contribution in [3.63, 3.8) is 0 Å². The molecule has 0 fully saturated rings. The second-order valence-corrected chi connectivity index (χ2v) is 5.26. The predicted molar refractivity (Wildman–Crippen MR) is 91.5 cm³/mol. The quantitative estimate of drug-likeness (QED) is 0.449. The summed E-state index contributed by atoms with van der Waals surface area (Å²) in [5, 5.41) is 17.7. The maximum absolute atomic E-state index is 9.58. The number of rotatable bonds is 3. The first-order valence-electron chi connectivity index (χ1n) is 5.89. The van der Waals surface area contributed by atoms with E-state index in [1.807, 2.05) is 0 Å². The molecule has 0 bridgehead atoms. The van der Waals surface area contributed by atoms with E-state index in [1.54, 1.807) is 42.5 Å². The third-order valence-electron chi connectivity index (χ3n) is 2.49. The monoisotopic (exact) mass is 339 g/mol. The van der Waals surface area contributed by atoms with Gasteiger partial charge < -0.3 is 10.4 Å². The molecule has 2 aromatic rings. The minimum Gasteiger partial charge on any atom is -0.507 e. The van der Waals surface area contributed by atoms with Crippen molar-refractivity contribution in [3.05, 3.63) is 58.1 Å². The number of hydrogen-bond acceptors (Lipinski definition) is 3. The summed E-state index contributed by atoms with van der Waals surface area (Å²) in [7, 11) is 0. The van der Waals surface area contributed by atoms with Gasteiger partial charge in [-0.05, 0) is 42.5 Å². The Morgan fingerprint density at radius 3 is 2.67 bits per heavy atom. The molecule has 0 saturated carbocycles. The number of thiocarbonyl (C=S) groups is 1. The number of nitrogens with one attached hydrogen (secondary N) is 2. The van der Waals surface area contributed by atoms with Crippen LogP contribution in [0.3, 0.4) is 0 Å². The summed E-state index contributed by atoms with van der Waals surface area (Å²) in [5.41, 5.74) is 3.84. The molecule has 2 rings (SSSR count). The van der Waals surface area contributed by atoms with Crippen LogP contribution in [0.5, 0.6) is 5.75 Å². The maximum atomic E-state index is 9.58. The van der Waals surface area contributed by atoms with Crippen LogP contribution in [0.15, 0.2) is 47.6 Å². The van der Waals surface area contributed by atoms with Gasteiger partial charge in [-0.3, -0.25) is 5.43 Å². The second kappa shape index (κ2) is 7.26. The Labute approximate surface area is 137 Å². The van der Waals surface area contributed by atoms with Crippen molar-refractivity contribution in [2.45, 2.75) is 0 Å². The number of halogens is 2. The molecule has 0 heterocycles. The molecule has 0 aliphatic rings. The van der Waals surface area contributed by atoms with Crippen molar-refractivity contribution in [2.75, 3.05) is 5.32 Å². The number of benzene rings is 2. The molecule has 0 radical (unpaired) electrons. The van der Waals surface area contributed by atoms with Gasteiger partial charge in [0.1, 0.15) is 5.75 Å². The van der Waals surface area contributed by atoms with E-state index < -0.39 is 0 Å². The molecule has 0 spiro atoms. The lowest BCUT2D eigenvalue weighted by molar-refractivity contribution is 0.474. The summed E-state index contributed by atoms with van der Waals surface area (Å²) in [4.78, 5) is 0. The fourth-order valence-corrected chi connectivity index (χ4v) is 2.12. The van der Waals surface area contributed by atoms with Crippen LogP contribution in [0.1, 0.15) is 5.56 Å². The summed E-state index contributed by atoms with van der Waals surface area (Å²) in [5.74, 6) is 0.141. The van der Waals surface area contributed by atoms with E-state index in [4.69, 9.17) is 35.4 Å². The highest BCUT2D eigenvalue weighted by Gasteiger charge is 2.02. The molecule has 0 unspecified atom stereocenters. The van der Waals surface area contributed by atoms with Crippen LogP contribution in [0.25, 0.3) is 0 Å². The minimum atomic E-state index is 0.141. The average molecular weight is 340 g/mol. The molecule has 0 aliphatic carbocycles. The molecular weight excluding hydrogens is 329 g/mol. The van der Waals surface area contributed by atoms with E-state index in [-0.39, 0.29) is 10.9 Å². The summed E-state index contributed by atoms with van der Waals surface area (Å²) >= 11 is 16.9. The predicted octanol–water partition coefficient (Wildman–Crippen LogP) is 4.02. The molecule has 0 amide bonds.